The van der Waals surface area contributed by atoms with E-state index < -0.39 is 4.92 Å². The van der Waals surface area contributed by atoms with Gasteiger partial charge in [0.05, 0.1) is 11.5 Å². The summed E-state index contributed by atoms with van der Waals surface area (Å²) in [6.45, 7) is 4.64. The molecule has 0 bridgehead atoms. The second-order valence-corrected chi connectivity index (χ2v) is 4.75. The highest BCUT2D eigenvalue weighted by Gasteiger charge is 2.32. The number of rotatable bonds is 6. The topological polar surface area (TPSA) is 64.4 Å². The van der Waals surface area contributed by atoms with Gasteiger partial charge >= 0.3 is 5.69 Å². The summed E-state index contributed by atoms with van der Waals surface area (Å²) in [5, 5.41) is 14.2. The van der Waals surface area contributed by atoms with Gasteiger partial charge in [0.15, 0.2) is 5.75 Å². The highest BCUT2D eigenvalue weighted by atomic mass is 16.6. The Bertz CT molecular complexity index is 448. The maximum absolute atomic E-state index is 10.9. The Labute approximate surface area is 106 Å². The molecule has 98 valence electrons. The predicted molar refractivity (Wildman–Crippen MR) is 70.1 cm³/mol. The van der Waals surface area contributed by atoms with E-state index in [0.717, 1.165) is 18.5 Å². The quantitative estimate of drug-likeness (QED) is 0.622. The molecule has 1 aliphatic rings. The van der Waals surface area contributed by atoms with E-state index >= 15 is 0 Å². The highest BCUT2D eigenvalue weighted by molar-refractivity contribution is 5.58. The summed E-state index contributed by atoms with van der Waals surface area (Å²) in [6, 6.07) is 5.45. The highest BCUT2D eigenvalue weighted by Crippen LogP contribution is 2.35. The lowest BCUT2D eigenvalue weighted by Gasteiger charge is -2.09. The Balaban J connectivity index is 2.15. The monoisotopic (exact) mass is 250 g/mol. The van der Waals surface area contributed by atoms with Gasteiger partial charge in [-0.05, 0) is 24.8 Å². The van der Waals surface area contributed by atoms with Crippen LogP contribution in [0.4, 0.5) is 11.4 Å². The number of benzene rings is 1. The van der Waals surface area contributed by atoms with Crippen molar-refractivity contribution in [1.82, 2.24) is 0 Å². The lowest BCUT2D eigenvalue weighted by atomic mass is 10.2. The Hall–Kier alpha value is -1.78. The molecule has 1 N–H and O–H groups in total. The Morgan fingerprint density at radius 3 is 2.83 bits per heavy atom. The third kappa shape index (κ3) is 2.91. The standard InChI is InChI=1S/C13H18N2O3/c1-3-6-18-13-8-10(14-11-7-9(11)2)4-5-12(13)15(16)17/h4-5,8-9,11,14H,3,6-7H2,1-2H3. The van der Waals surface area contributed by atoms with Crippen molar-refractivity contribution in [2.24, 2.45) is 5.92 Å². The zero-order valence-electron chi connectivity index (χ0n) is 10.7. The predicted octanol–water partition coefficient (Wildman–Crippen LogP) is 3.20. The summed E-state index contributed by atoms with van der Waals surface area (Å²) in [7, 11) is 0. The maximum atomic E-state index is 10.9. The SMILES string of the molecule is CCCOc1cc(NC2CC2C)ccc1[N+](=O)[O-]. The van der Waals surface area contributed by atoms with Crippen LogP contribution in [0, 0.1) is 16.0 Å². The molecule has 1 fully saturated rings. The summed E-state index contributed by atoms with van der Waals surface area (Å²) in [5.74, 6) is 1.03. The largest absolute Gasteiger partial charge is 0.487 e. The lowest BCUT2D eigenvalue weighted by Crippen LogP contribution is -2.05. The van der Waals surface area contributed by atoms with Gasteiger partial charge in [0.2, 0.25) is 0 Å². The molecule has 0 aromatic heterocycles. The van der Waals surface area contributed by atoms with E-state index in [1.54, 1.807) is 12.1 Å². The first-order chi connectivity index (χ1) is 8.61. The van der Waals surface area contributed by atoms with Gasteiger partial charge in [-0.15, -0.1) is 0 Å². The van der Waals surface area contributed by atoms with Crippen molar-refractivity contribution < 1.29 is 9.66 Å². The number of anilines is 1. The van der Waals surface area contributed by atoms with Crippen molar-refractivity contribution in [3.8, 4) is 5.75 Å². The molecule has 0 heterocycles. The molecule has 0 amide bonds. The van der Waals surface area contributed by atoms with Crippen LogP contribution < -0.4 is 10.1 Å². The first-order valence-corrected chi connectivity index (χ1v) is 6.29. The van der Waals surface area contributed by atoms with Crippen LogP contribution in [-0.4, -0.2) is 17.6 Å². The fourth-order valence-corrected chi connectivity index (χ4v) is 1.82. The van der Waals surface area contributed by atoms with Crippen molar-refractivity contribution in [2.45, 2.75) is 32.7 Å². The molecule has 2 rings (SSSR count). The van der Waals surface area contributed by atoms with Crippen LogP contribution in [0.25, 0.3) is 0 Å². The molecule has 2 unspecified atom stereocenters. The fourth-order valence-electron chi connectivity index (χ4n) is 1.82. The summed E-state index contributed by atoms with van der Waals surface area (Å²) in [5.41, 5.74) is 0.916. The summed E-state index contributed by atoms with van der Waals surface area (Å²) in [4.78, 5) is 10.5. The molecule has 2 atom stereocenters. The average Bonchev–Trinajstić information content (AvgIpc) is 3.02. The van der Waals surface area contributed by atoms with Crippen molar-refractivity contribution in [3.63, 3.8) is 0 Å². The van der Waals surface area contributed by atoms with Crippen LogP contribution in [0.3, 0.4) is 0 Å². The molecule has 0 aliphatic heterocycles. The number of nitro benzene ring substituents is 1. The lowest BCUT2D eigenvalue weighted by molar-refractivity contribution is -0.385. The number of nitro groups is 1. The van der Waals surface area contributed by atoms with Gasteiger partial charge in [0.1, 0.15) is 0 Å². The van der Waals surface area contributed by atoms with Crippen molar-refractivity contribution in [3.05, 3.63) is 28.3 Å². The van der Waals surface area contributed by atoms with Crippen LogP contribution in [-0.2, 0) is 0 Å². The second-order valence-electron chi connectivity index (χ2n) is 4.75. The normalized spacial score (nSPS) is 21.4. The van der Waals surface area contributed by atoms with Gasteiger partial charge in [-0.2, -0.15) is 0 Å². The third-order valence-corrected chi connectivity index (χ3v) is 3.08. The van der Waals surface area contributed by atoms with E-state index in [1.165, 1.54) is 6.07 Å². The molecule has 1 aromatic rings. The minimum Gasteiger partial charge on any atom is -0.487 e. The van der Waals surface area contributed by atoms with Gasteiger partial charge in [-0.1, -0.05) is 13.8 Å². The Morgan fingerprint density at radius 1 is 1.56 bits per heavy atom. The molecule has 5 nitrogen and oxygen atoms in total. The van der Waals surface area contributed by atoms with E-state index in [4.69, 9.17) is 4.74 Å². The second kappa shape index (κ2) is 5.25. The molecule has 0 radical (unpaired) electrons. The first-order valence-electron chi connectivity index (χ1n) is 6.29. The Morgan fingerprint density at radius 2 is 2.28 bits per heavy atom. The average molecular weight is 250 g/mol. The summed E-state index contributed by atoms with van der Waals surface area (Å²) >= 11 is 0. The van der Waals surface area contributed by atoms with Crippen molar-refractivity contribution in [1.29, 1.82) is 0 Å². The fraction of sp³-hybridized carbons (Fsp3) is 0.538. The van der Waals surface area contributed by atoms with Gasteiger partial charge in [0.25, 0.3) is 0 Å². The molecule has 1 aliphatic carbocycles. The molecular formula is C13H18N2O3. The molecule has 1 saturated carbocycles. The molecule has 0 spiro atoms. The van der Waals surface area contributed by atoms with Crippen LogP contribution in [0.15, 0.2) is 18.2 Å². The number of nitrogens with zero attached hydrogens (tertiary/aromatic N) is 1. The number of nitrogens with one attached hydrogen (secondary N) is 1. The van der Waals surface area contributed by atoms with Gasteiger partial charge in [-0.25, -0.2) is 0 Å². The smallest absolute Gasteiger partial charge is 0.311 e. The molecule has 18 heavy (non-hydrogen) atoms. The van der Waals surface area contributed by atoms with Crippen LogP contribution in [0.1, 0.15) is 26.7 Å². The number of hydrogen-bond donors (Lipinski definition) is 1. The van der Waals surface area contributed by atoms with Gasteiger partial charge in [0, 0.05) is 23.9 Å². The minimum absolute atomic E-state index is 0.0258. The van der Waals surface area contributed by atoms with E-state index in [0.29, 0.717) is 24.3 Å². The molecule has 5 heteroatoms. The zero-order valence-corrected chi connectivity index (χ0v) is 10.7. The van der Waals surface area contributed by atoms with Gasteiger partial charge in [-0.3, -0.25) is 10.1 Å². The first kappa shape index (κ1) is 12.7. The van der Waals surface area contributed by atoms with E-state index in [1.807, 2.05) is 6.92 Å². The van der Waals surface area contributed by atoms with Crippen LogP contribution in [0.5, 0.6) is 5.75 Å². The van der Waals surface area contributed by atoms with Gasteiger partial charge < -0.3 is 10.1 Å². The molecular weight excluding hydrogens is 232 g/mol. The number of hydrogen-bond acceptors (Lipinski definition) is 4. The minimum atomic E-state index is -0.408. The molecule has 0 saturated heterocycles. The molecule has 1 aromatic carbocycles. The van der Waals surface area contributed by atoms with Crippen molar-refractivity contribution in [2.75, 3.05) is 11.9 Å². The van der Waals surface area contributed by atoms with E-state index in [9.17, 15) is 10.1 Å². The van der Waals surface area contributed by atoms with E-state index in [-0.39, 0.29) is 5.69 Å². The number of ether oxygens (including phenoxy) is 1. The summed E-state index contributed by atoms with van der Waals surface area (Å²) < 4.78 is 5.44. The Kier molecular flexibility index (Phi) is 3.69. The zero-order chi connectivity index (χ0) is 13.1. The maximum Gasteiger partial charge on any atom is 0.311 e. The van der Waals surface area contributed by atoms with Crippen LogP contribution in [0.2, 0.25) is 0 Å². The third-order valence-electron chi connectivity index (χ3n) is 3.08. The van der Waals surface area contributed by atoms with Crippen LogP contribution >= 0.6 is 0 Å². The summed E-state index contributed by atoms with van der Waals surface area (Å²) in [6.07, 6.45) is 1.98. The van der Waals surface area contributed by atoms with Crippen molar-refractivity contribution >= 4 is 11.4 Å². The van der Waals surface area contributed by atoms with E-state index in [2.05, 4.69) is 12.2 Å².